The fourth-order valence-corrected chi connectivity index (χ4v) is 1.00. The Hall–Kier alpha value is -1.51. The molecule has 0 aromatic heterocycles. The number of carbonyl (C=O) groups excluding carboxylic acids is 1. The van der Waals surface area contributed by atoms with Crippen molar-refractivity contribution in [1.29, 1.82) is 0 Å². The highest BCUT2D eigenvalue weighted by Crippen LogP contribution is 2.18. The van der Waals surface area contributed by atoms with Crippen molar-refractivity contribution >= 4 is 12.0 Å². The molecule has 1 aromatic rings. The van der Waals surface area contributed by atoms with Gasteiger partial charge in [-0.05, 0) is 32.0 Å². The Morgan fingerprint density at radius 1 is 1.46 bits per heavy atom. The van der Waals surface area contributed by atoms with Crippen molar-refractivity contribution in [1.82, 2.24) is 0 Å². The summed E-state index contributed by atoms with van der Waals surface area (Å²) in [7, 11) is 0. The Bertz CT molecular complexity index is 308. The maximum Gasteiger partial charge on any atom is 0.152 e. The summed E-state index contributed by atoms with van der Waals surface area (Å²) in [6.07, 6.45) is 0.825. The van der Waals surface area contributed by atoms with Crippen molar-refractivity contribution in [3.05, 3.63) is 23.8 Å². The van der Waals surface area contributed by atoms with Gasteiger partial charge in [-0.2, -0.15) is 0 Å². The Morgan fingerprint density at radius 2 is 2.15 bits per heavy atom. The van der Waals surface area contributed by atoms with Crippen LogP contribution in [0.15, 0.2) is 18.2 Å². The van der Waals surface area contributed by atoms with Crippen molar-refractivity contribution in [2.24, 2.45) is 0 Å². The molecule has 0 radical (unpaired) electrons. The first-order valence-corrected chi connectivity index (χ1v) is 4.15. The molecular formula is C10H13NO2. The predicted octanol–water partition coefficient (Wildman–Crippen LogP) is 1.87. The van der Waals surface area contributed by atoms with E-state index >= 15 is 0 Å². The van der Waals surface area contributed by atoms with E-state index in [1.165, 1.54) is 0 Å². The molecule has 3 nitrogen and oxygen atoms in total. The van der Waals surface area contributed by atoms with Gasteiger partial charge in [-0.15, -0.1) is 0 Å². The minimum atomic E-state index is 0.100. The molecule has 0 saturated carbocycles. The van der Waals surface area contributed by atoms with Crippen molar-refractivity contribution in [3.63, 3.8) is 0 Å². The number of hydrogen-bond acceptors (Lipinski definition) is 3. The third-order valence-corrected chi connectivity index (χ3v) is 1.56. The number of anilines is 1. The Balaban J connectivity index is 2.92. The zero-order chi connectivity index (χ0) is 9.84. The van der Waals surface area contributed by atoms with Gasteiger partial charge in [-0.25, -0.2) is 0 Å². The van der Waals surface area contributed by atoms with E-state index in [0.717, 1.165) is 6.29 Å². The van der Waals surface area contributed by atoms with Crippen LogP contribution in [0, 0.1) is 0 Å². The van der Waals surface area contributed by atoms with E-state index < -0.39 is 0 Å². The Labute approximate surface area is 77.5 Å². The van der Waals surface area contributed by atoms with E-state index in [-0.39, 0.29) is 6.10 Å². The molecular weight excluding hydrogens is 166 g/mol. The van der Waals surface area contributed by atoms with Gasteiger partial charge < -0.3 is 10.5 Å². The van der Waals surface area contributed by atoms with Crippen LogP contribution in [0.1, 0.15) is 24.2 Å². The van der Waals surface area contributed by atoms with Gasteiger partial charge in [0.15, 0.2) is 6.29 Å². The minimum Gasteiger partial charge on any atom is -0.491 e. The van der Waals surface area contributed by atoms with E-state index in [1.54, 1.807) is 18.2 Å². The van der Waals surface area contributed by atoms with Crippen molar-refractivity contribution in [2.45, 2.75) is 20.0 Å². The molecule has 0 heterocycles. The average molecular weight is 179 g/mol. The third-order valence-electron chi connectivity index (χ3n) is 1.56. The lowest BCUT2D eigenvalue weighted by atomic mass is 10.2. The first kappa shape index (κ1) is 9.58. The van der Waals surface area contributed by atoms with Crippen molar-refractivity contribution in [2.75, 3.05) is 5.73 Å². The summed E-state index contributed by atoms with van der Waals surface area (Å²) >= 11 is 0. The van der Waals surface area contributed by atoms with Crippen LogP contribution in [-0.2, 0) is 0 Å². The van der Waals surface area contributed by atoms with Gasteiger partial charge in [0.25, 0.3) is 0 Å². The molecule has 0 aliphatic rings. The number of nitrogens with two attached hydrogens (primary N) is 1. The van der Waals surface area contributed by atoms with E-state index in [9.17, 15) is 4.79 Å². The second-order valence-electron chi connectivity index (χ2n) is 3.08. The van der Waals surface area contributed by atoms with Gasteiger partial charge in [-0.3, -0.25) is 4.79 Å². The zero-order valence-electron chi connectivity index (χ0n) is 7.78. The highest BCUT2D eigenvalue weighted by atomic mass is 16.5. The normalized spacial score (nSPS) is 10.1. The van der Waals surface area contributed by atoms with Crippen LogP contribution in [0.25, 0.3) is 0 Å². The lowest BCUT2D eigenvalue weighted by molar-refractivity contribution is 0.112. The van der Waals surface area contributed by atoms with Crippen molar-refractivity contribution < 1.29 is 9.53 Å². The quantitative estimate of drug-likeness (QED) is 0.569. The van der Waals surface area contributed by atoms with E-state index in [1.807, 2.05) is 13.8 Å². The molecule has 0 atom stereocenters. The summed E-state index contributed by atoms with van der Waals surface area (Å²) in [5.74, 6) is 0.673. The summed E-state index contributed by atoms with van der Waals surface area (Å²) in [6.45, 7) is 3.86. The smallest absolute Gasteiger partial charge is 0.152 e. The average Bonchev–Trinajstić information content (AvgIpc) is 2.07. The molecule has 0 bridgehead atoms. The number of aldehydes is 1. The second kappa shape index (κ2) is 3.94. The van der Waals surface area contributed by atoms with Gasteiger partial charge >= 0.3 is 0 Å². The molecule has 0 fully saturated rings. The molecule has 0 saturated heterocycles. The highest BCUT2D eigenvalue weighted by Gasteiger charge is 2.01. The lowest BCUT2D eigenvalue weighted by Crippen LogP contribution is -2.06. The lowest BCUT2D eigenvalue weighted by Gasteiger charge is -2.10. The van der Waals surface area contributed by atoms with Crippen LogP contribution in [-0.4, -0.2) is 12.4 Å². The SMILES string of the molecule is CC(C)Oc1ccc(N)c(C=O)c1. The molecule has 0 unspecified atom stereocenters. The molecule has 0 aliphatic carbocycles. The van der Waals surface area contributed by atoms with Crippen molar-refractivity contribution in [3.8, 4) is 5.75 Å². The summed E-state index contributed by atoms with van der Waals surface area (Å²) in [6, 6.07) is 5.06. The molecule has 0 spiro atoms. The van der Waals surface area contributed by atoms with Crippen LogP contribution < -0.4 is 10.5 Å². The summed E-state index contributed by atoms with van der Waals surface area (Å²) < 4.78 is 5.40. The van der Waals surface area contributed by atoms with Crippen LogP contribution >= 0.6 is 0 Å². The second-order valence-corrected chi connectivity index (χ2v) is 3.08. The fourth-order valence-electron chi connectivity index (χ4n) is 1.00. The zero-order valence-corrected chi connectivity index (χ0v) is 7.78. The van der Waals surface area contributed by atoms with Crippen LogP contribution in [0.5, 0.6) is 5.75 Å². The van der Waals surface area contributed by atoms with E-state index in [4.69, 9.17) is 10.5 Å². The number of nitrogen functional groups attached to an aromatic ring is 1. The minimum absolute atomic E-state index is 0.100. The number of carbonyl (C=O) groups is 1. The van der Waals surface area contributed by atoms with Crippen LogP contribution in [0.4, 0.5) is 5.69 Å². The number of benzene rings is 1. The van der Waals surface area contributed by atoms with Crippen LogP contribution in [0.3, 0.4) is 0 Å². The summed E-state index contributed by atoms with van der Waals surface area (Å²) in [5.41, 5.74) is 6.49. The maximum atomic E-state index is 10.5. The molecule has 0 amide bonds. The molecule has 70 valence electrons. The number of ether oxygens (including phenoxy) is 1. The summed E-state index contributed by atoms with van der Waals surface area (Å²) in [4.78, 5) is 10.5. The van der Waals surface area contributed by atoms with Gasteiger partial charge in [0.2, 0.25) is 0 Å². The molecule has 1 rings (SSSR count). The molecule has 13 heavy (non-hydrogen) atoms. The predicted molar refractivity (Wildman–Crippen MR) is 52.0 cm³/mol. The highest BCUT2D eigenvalue weighted by molar-refractivity contribution is 5.83. The number of hydrogen-bond donors (Lipinski definition) is 1. The van der Waals surface area contributed by atoms with Gasteiger partial charge in [0.05, 0.1) is 6.10 Å². The van der Waals surface area contributed by atoms with Gasteiger partial charge in [0.1, 0.15) is 5.75 Å². The van der Waals surface area contributed by atoms with E-state index in [2.05, 4.69) is 0 Å². The Morgan fingerprint density at radius 3 is 2.69 bits per heavy atom. The molecule has 0 aliphatic heterocycles. The van der Waals surface area contributed by atoms with Gasteiger partial charge in [0, 0.05) is 11.3 Å². The molecule has 2 N–H and O–H groups in total. The van der Waals surface area contributed by atoms with E-state index in [0.29, 0.717) is 17.0 Å². The Kier molecular flexibility index (Phi) is 2.90. The topological polar surface area (TPSA) is 52.3 Å². The summed E-state index contributed by atoms with van der Waals surface area (Å²) in [5, 5.41) is 0. The molecule has 1 aromatic carbocycles. The van der Waals surface area contributed by atoms with Crippen LogP contribution in [0.2, 0.25) is 0 Å². The monoisotopic (exact) mass is 179 g/mol. The molecule has 3 heteroatoms. The largest absolute Gasteiger partial charge is 0.491 e. The first-order chi connectivity index (χ1) is 6.13. The maximum absolute atomic E-state index is 10.5. The number of rotatable bonds is 3. The fraction of sp³-hybridized carbons (Fsp3) is 0.300. The third kappa shape index (κ3) is 2.47. The first-order valence-electron chi connectivity index (χ1n) is 4.15. The van der Waals surface area contributed by atoms with Gasteiger partial charge in [-0.1, -0.05) is 0 Å². The standard InChI is InChI=1S/C10H13NO2/c1-7(2)13-9-3-4-10(11)8(5-9)6-12/h3-7H,11H2,1-2H3.